The van der Waals surface area contributed by atoms with Crippen molar-refractivity contribution < 1.29 is 0 Å². The minimum absolute atomic E-state index is 0.673. The van der Waals surface area contributed by atoms with Gasteiger partial charge in [-0.15, -0.1) is 0 Å². The first-order chi connectivity index (χ1) is 8.26. The van der Waals surface area contributed by atoms with Crippen molar-refractivity contribution in [3.05, 3.63) is 18.0 Å². The number of aryl methyl sites for hydroxylation is 2. The van der Waals surface area contributed by atoms with E-state index in [1.807, 2.05) is 17.9 Å². The van der Waals surface area contributed by atoms with Gasteiger partial charge in [0.25, 0.3) is 0 Å². The molecule has 1 heterocycles. The number of unbranched alkanes of at least 4 members (excludes halogenated alkanes) is 2. The highest BCUT2D eigenvalue weighted by atomic mass is 15.2. The number of aromatic nitrogens is 2. The summed E-state index contributed by atoms with van der Waals surface area (Å²) < 4.78 is 1.88. The molecule has 98 valence electrons. The zero-order valence-electron chi connectivity index (χ0n) is 11.6. The van der Waals surface area contributed by atoms with Crippen LogP contribution in [-0.4, -0.2) is 22.4 Å². The van der Waals surface area contributed by atoms with E-state index in [2.05, 4.69) is 30.5 Å². The number of nitrogens with zero attached hydrogens (tertiary/aromatic N) is 2. The van der Waals surface area contributed by atoms with Gasteiger partial charge in [-0.05, 0) is 31.4 Å². The topological polar surface area (TPSA) is 29.9 Å². The molecule has 0 aliphatic heterocycles. The third-order valence-electron chi connectivity index (χ3n) is 3.19. The van der Waals surface area contributed by atoms with E-state index in [4.69, 9.17) is 0 Å². The molecule has 0 radical (unpaired) electrons. The molecule has 0 aromatic carbocycles. The number of hydrogen-bond donors (Lipinski definition) is 1. The largest absolute Gasteiger partial charge is 0.314 e. The van der Waals surface area contributed by atoms with E-state index in [1.165, 1.54) is 37.7 Å². The van der Waals surface area contributed by atoms with E-state index in [0.29, 0.717) is 6.04 Å². The van der Waals surface area contributed by atoms with Crippen molar-refractivity contribution in [3.8, 4) is 0 Å². The van der Waals surface area contributed by atoms with E-state index >= 15 is 0 Å². The molecular formula is C14H27N3. The molecule has 1 aromatic rings. The van der Waals surface area contributed by atoms with Crippen molar-refractivity contribution in [1.82, 2.24) is 15.1 Å². The number of rotatable bonds is 9. The van der Waals surface area contributed by atoms with Crippen LogP contribution in [0.2, 0.25) is 0 Å². The molecule has 0 fully saturated rings. The third kappa shape index (κ3) is 5.87. The molecule has 3 nitrogen and oxygen atoms in total. The Bertz CT molecular complexity index is 293. The lowest BCUT2D eigenvalue weighted by atomic mass is 10.0. The van der Waals surface area contributed by atoms with Crippen molar-refractivity contribution in [2.24, 2.45) is 7.05 Å². The predicted octanol–water partition coefficient (Wildman–Crippen LogP) is 2.91. The molecule has 0 aliphatic carbocycles. The van der Waals surface area contributed by atoms with Gasteiger partial charge in [0.2, 0.25) is 0 Å². The Balaban J connectivity index is 2.27. The molecule has 0 saturated carbocycles. The summed E-state index contributed by atoms with van der Waals surface area (Å²) in [5, 5.41) is 7.80. The highest BCUT2D eigenvalue weighted by Gasteiger charge is 2.07. The van der Waals surface area contributed by atoms with Crippen molar-refractivity contribution in [2.75, 3.05) is 6.54 Å². The first kappa shape index (κ1) is 14.2. The molecule has 0 bridgehead atoms. The molecule has 17 heavy (non-hydrogen) atoms. The van der Waals surface area contributed by atoms with Gasteiger partial charge in [0.15, 0.2) is 0 Å². The first-order valence-corrected chi connectivity index (χ1v) is 6.97. The number of nitrogens with one attached hydrogen (secondary N) is 1. The van der Waals surface area contributed by atoms with Crippen molar-refractivity contribution in [3.63, 3.8) is 0 Å². The lowest BCUT2D eigenvalue weighted by Crippen LogP contribution is -2.29. The molecule has 0 saturated heterocycles. The standard InChI is InChI=1S/C14H27N3/c1-4-6-7-8-14(15-5-2)10-9-13-11-16-17(3)12-13/h11-12,14-15H,4-10H2,1-3H3. The summed E-state index contributed by atoms with van der Waals surface area (Å²) in [5.41, 5.74) is 1.35. The van der Waals surface area contributed by atoms with Gasteiger partial charge in [0, 0.05) is 19.3 Å². The van der Waals surface area contributed by atoms with Crippen molar-refractivity contribution in [2.45, 2.75) is 58.4 Å². The fraction of sp³-hybridized carbons (Fsp3) is 0.786. The average Bonchev–Trinajstić information content (AvgIpc) is 2.72. The van der Waals surface area contributed by atoms with E-state index in [-0.39, 0.29) is 0 Å². The number of hydrogen-bond acceptors (Lipinski definition) is 2. The predicted molar refractivity (Wildman–Crippen MR) is 73.1 cm³/mol. The van der Waals surface area contributed by atoms with Crippen LogP contribution in [0.5, 0.6) is 0 Å². The second-order valence-corrected chi connectivity index (χ2v) is 4.81. The van der Waals surface area contributed by atoms with Crippen LogP contribution in [0.25, 0.3) is 0 Å². The summed E-state index contributed by atoms with van der Waals surface area (Å²) in [7, 11) is 1.98. The molecule has 0 amide bonds. The van der Waals surface area contributed by atoms with Gasteiger partial charge in [-0.3, -0.25) is 4.68 Å². The van der Waals surface area contributed by atoms with E-state index in [9.17, 15) is 0 Å². The quantitative estimate of drug-likeness (QED) is 0.669. The average molecular weight is 237 g/mol. The molecule has 1 unspecified atom stereocenters. The molecule has 1 N–H and O–H groups in total. The monoisotopic (exact) mass is 237 g/mol. The smallest absolute Gasteiger partial charge is 0.0521 e. The summed E-state index contributed by atoms with van der Waals surface area (Å²) in [6.07, 6.45) is 11.8. The van der Waals surface area contributed by atoms with E-state index in [0.717, 1.165) is 13.0 Å². The van der Waals surface area contributed by atoms with Gasteiger partial charge in [0.1, 0.15) is 0 Å². The van der Waals surface area contributed by atoms with Crippen molar-refractivity contribution in [1.29, 1.82) is 0 Å². The summed E-state index contributed by atoms with van der Waals surface area (Å²) in [4.78, 5) is 0. The Labute approximate surface area is 106 Å². The summed E-state index contributed by atoms with van der Waals surface area (Å²) in [6, 6.07) is 0.673. The minimum Gasteiger partial charge on any atom is -0.314 e. The highest BCUT2D eigenvalue weighted by Crippen LogP contribution is 2.10. The van der Waals surface area contributed by atoms with Gasteiger partial charge in [-0.25, -0.2) is 0 Å². The fourth-order valence-corrected chi connectivity index (χ4v) is 2.22. The second kappa shape index (κ2) is 8.29. The van der Waals surface area contributed by atoms with Crippen LogP contribution in [0.1, 0.15) is 51.5 Å². The van der Waals surface area contributed by atoms with Crippen LogP contribution in [-0.2, 0) is 13.5 Å². The molecule has 1 rings (SSSR count). The Morgan fingerprint density at radius 3 is 2.71 bits per heavy atom. The van der Waals surface area contributed by atoms with Gasteiger partial charge in [0.05, 0.1) is 6.20 Å². The highest BCUT2D eigenvalue weighted by molar-refractivity contribution is 5.03. The lowest BCUT2D eigenvalue weighted by molar-refractivity contribution is 0.444. The third-order valence-corrected chi connectivity index (χ3v) is 3.19. The summed E-state index contributed by atoms with van der Waals surface area (Å²) >= 11 is 0. The first-order valence-electron chi connectivity index (χ1n) is 6.97. The lowest BCUT2D eigenvalue weighted by Gasteiger charge is -2.17. The molecule has 1 atom stereocenters. The zero-order valence-corrected chi connectivity index (χ0v) is 11.6. The van der Waals surface area contributed by atoms with Crippen LogP contribution in [0.3, 0.4) is 0 Å². The summed E-state index contributed by atoms with van der Waals surface area (Å²) in [6.45, 7) is 5.53. The van der Waals surface area contributed by atoms with E-state index < -0.39 is 0 Å². The van der Waals surface area contributed by atoms with Crippen LogP contribution >= 0.6 is 0 Å². The molecule has 0 spiro atoms. The minimum atomic E-state index is 0.673. The zero-order chi connectivity index (χ0) is 12.5. The maximum Gasteiger partial charge on any atom is 0.0521 e. The summed E-state index contributed by atoms with van der Waals surface area (Å²) in [5.74, 6) is 0. The Kier molecular flexibility index (Phi) is 6.94. The normalized spacial score (nSPS) is 12.9. The van der Waals surface area contributed by atoms with Crippen LogP contribution in [0, 0.1) is 0 Å². The van der Waals surface area contributed by atoms with Gasteiger partial charge < -0.3 is 5.32 Å². The van der Waals surface area contributed by atoms with Crippen LogP contribution in [0.4, 0.5) is 0 Å². The maximum absolute atomic E-state index is 4.21. The van der Waals surface area contributed by atoms with E-state index in [1.54, 1.807) is 0 Å². The maximum atomic E-state index is 4.21. The SMILES string of the molecule is CCCCCC(CCc1cnn(C)c1)NCC. The Morgan fingerprint density at radius 2 is 2.12 bits per heavy atom. The Morgan fingerprint density at radius 1 is 1.29 bits per heavy atom. The van der Waals surface area contributed by atoms with Crippen LogP contribution in [0.15, 0.2) is 12.4 Å². The fourth-order valence-electron chi connectivity index (χ4n) is 2.22. The second-order valence-electron chi connectivity index (χ2n) is 4.81. The Hall–Kier alpha value is -0.830. The molecular weight excluding hydrogens is 210 g/mol. The van der Waals surface area contributed by atoms with Crippen molar-refractivity contribution >= 4 is 0 Å². The van der Waals surface area contributed by atoms with Gasteiger partial charge >= 0.3 is 0 Å². The van der Waals surface area contributed by atoms with Gasteiger partial charge in [-0.1, -0.05) is 33.1 Å². The molecule has 1 aromatic heterocycles. The van der Waals surface area contributed by atoms with Crippen LogP contribution < -0.4 is 5.32 Å². The molecule has 3 heteroatoms. The molecule has 0 aliphatic rings. The van der Waals surface area contributed by atoms with Gasteiger partial charge in [-0.2, -0.15) is 5.10 Å².